The second-order valence-corrected chi connectivity index (χ2v) is 10.8. The predicted molar refractivity (Wildman–Crippen MR) is 148 cm³/mol. The summed E-state index contributed by atoms with van der Waals surface area (Å²) >= 11 is 12.3. The van der Waals surface area contributed by atoms with Gasteiger partial charge in [-0.15, -0.1) is 0 Å². The van der Waals surface area contributed by atoms with Gasteiger partial charge in [0.2, 0.25) is 0 Å². The van der Waals surface area contributed by atoms with Gasteiger partial charge in [0.15, 0.2) is 5.75 Å². The van der Waals surface area contributed by atoms with E-state index < -0.39 is 0 Å². The third kappa shape index (κ3) is 7.51. The maximum atomic E-state index is 13.6. The van der Waals surface area contributed by atoms with E-state index in [2.05, 4.69) is 15.5 Å². The van der Waals surface area contributed by atoms with Crippen LogP contribution >= 0.6 is 23.2 Å². The van der Waals surface area contributed by atoms with Crippen LogP contribution in [0.1, 0.15) is 43.6 Å². The lowest BCUT2D eigenvalue weighted by atomic mass is 9.99. The van der Waals surface area contributed by atoms with Crippen molar-refractivity contribution in [2.45, 2.75) is 52.4 Å². The molecule has 3 atom stereocenters. The number of aliphatic hydroxyl groups is 1. The van der Waals surface area contributed by atoms with Gasteiger partial charge >= 0.3 is 6.03 Å². The van der Waals surface area contributed by atoms with Crippen LogP contribution in [0.4, 0.5) is 10.5 Å². The molecule has 1 aliphatic rings. The first-order chi connectivity index (χ1) is 17.5. The quantitative estimate of drug-likeness (QED) is 0.435. The highest BCUT2D eigenvalue weighted by atomic mass is 35.5. The number of nitrogens with one attached hydrogen (secondary N) is 2. The molecular formula is C27H36Cl2N4O4. The maximum Gasteiger partial charge on any atom is 0.319 e. The number of carbonyl (C=O) groups is 2. The van der Waals surface area contributed by atoms with Crippen molar-refractivity contribution in [1.82, 2.24) is 15.1 Å². The van der Waals surface area contributed by atoms with Gasteiger partial charge in [-0.25, -0.2) is 4.79 Å². The molecule has 2 aromatic carbocycles. The number of para-hydroxylation sites is 1. The molecule has 3 N–H and O–H groups in total. The van der Waals surface area contributed by atoms with Crippen LogP contribution < -0.4 is 15.4 Å². The number of likely N-dealkylation sites (N-methyl/N-ethyl adjacent to an activating group) is 1. The molecule has 1 heterocycles. The van der Waals surface area contributed by atoms with E-state index in [-0.39, 0.29) is 42.7 Å². The molecule has 0 fully saturated rings. The monoisotopic (exact) mass is 550 g/mol. The third-order valence-corrected chi connectivity index (χ3v) is 7.03. The molecule has 202 valence electrons. The molecule has 3 amide bonds. The van der Waals surface area contributed by atoms with Crippen LogP contribution in [0, 0.1) is 5.92 Å². The van der Waals surface area contributed by atoms with Crippen molar-refractivity contribution in [2.24, 2.45) is 5.92 Å². The summed E-state index contributed by atoms with van der Waals surface area (Å²) in [5.41, 5.74) is 1.76. The van der Waals surface area contributed by atoms with Crippen molar-refractivity contribution in [3.63, 3.8) is 0 Å². The number of halogens is 2. The first kappa shape index (κ1) is 29.0. The topological polar surface area (TPSA) is 94.1 Å². The molecule has 0 saturated carbocycles. The Morgan fingerprint density at radius 1 is 1.22 bits per heavy atom. The van der Waals surface area contributed by atoms with Gasteiger partial charge in [0.05, 0.1) is 33.9 Å². The van der Waals surface area contributed by atoms with Gasteiger partial charge in [-0.05, 0) is 57.6 Å². The molecule has 0 spiro atoms. The van der Waals surface area contributed by atoms with E-state index >= 15 is 0 Å². The molecule has 0 aliphatic carbocycles. The van der Waals surface area contributed by atoms with E-state index in [1.54, 1.807) is 29.2 Å². The van der Waals surface area contributed by atoms with Crippen molar-refractivity contribution in [3.05, 3.63) is 57.6 Å². The normalized spacial score (nSPS) is 18.6. The number of fused-ring (bicyclic) bond motifs is 1. The van der Waals surface area contributed by atoms with Crippen LogP contribution in [-0.2, 0) is 6.54 Å². The Bertz CT molecular complexity index is 1110. The van der Waals surface area contributed by atoms with Crippen LogP contribution in [0.25, 0.3) is 0 Å². The number of anilines is 1. The second-order valence-electron chi connectivity index (χ2n) is 10.0. The molecule has 8 nitrogen and oxygen atoms in total. The van der Waals surface area contributed by atoms with Crippen molar-refractivity contribution in [1.29, 1.82) is 0 Å². The lowest BCUT2D eigenvalue weighted by Gasteiger charge is -2.38. The highest BCUT2D eigenvalue weighted by Crippen LogP contribution is 2.35. The van der Waals surface area contributed by atoms with E-state index in [1.165, 1.54) is 0 Å². The largest absolute Gasteiger partial charge is 0.486 e. The molecule has 0 radical (unpaired) electrons. The Labute approximate surface area is 228 Å². The molecule has 10 heteroatoms. The highest BCUT2D eigenvalue weighted by molar-refractivity contribution is 6.42. The molecule has 0 saturated heterocycles. The summed E-state index contributed by atoms with van der Waals surface area (Å²) in [5.74, 6) is -0.000126. The number of rotatable bonds is 8. The SMILES string of the molecule is CC(C)NC(=O)Nc1cccc2c1O[C@@H](CN(C)Cc1ccc(Cl)c(Cl)c1)[C@H](C)CN([C@H](C)CO)C2=O. The van der Waals surface area contributed by atoms with Crippen LogP contribution in [0.15, 0.2) is 36.4 Å². The summed E-state index contributed by atoms with van der Waals surface area (Å²) < 4.78 is 6.53. The van der Waals surface area contributed by atoms with E-state index in [0.29, 0.717) is 46.7 Å². The fourth-order valence-electron chi connectivity index (χ4n) is 4.30. The van der Waals surface area contributed by atoms with Gasteiger partial charge in [0.25, 0.3) is 5.91 Å². The number of ether oxygens (including phenoxy) is 1. The number of hydrogen-bond donors (Lipinski definition) is 3. The van der Waals surface area contributed by atoms with Crippen LogP contribution in [-0.4, -0.2) is 71.8 Å². The number of urea groups is 1. The van der Waals surface area contributed by atoms with Crippen LogP contribution in [0.5, 0.6) is 5.75 Å². The van der Waals surface area contributed by atoms with Crippen molar-refractivity contribution in [2.75, 3.05) is 32.1 Å². The number of nitrogens with zero attached hydrogens (tertiary/aromatic N) is 2. The molecule has 2 aromatic rings. The molecule has 1 aliphatic heterocycles. The minimum atomic E-state index is -0.386. The number of aliphatic hydroxyl groups excluding tert-OH is 1. The minimum absolute atomic E-state index is 0.0586. The zero-order chi connectivity index (χ0) is 27.3. The van der Waals surface area contributed by atoms with Crippen molar-refractivity contribution < 1.29 is 19.4 Å². The lowest BCUT2D eigenvalue weighted by Crippen LogP contribution is -2.49. The number of amides is 3. The Morgan fingerprint density at radius 2 is 1.95 bits per heavy atom. The fraction of sp³-hybridized carbons (Fsp3) is 0.481. The lowest BCUT2D eigenvalue weighted by molar-refractivity contribution is 0.0343. The van der Waals surface area contributed by atoms with Crippen LogP contribution in [0.2, 0.25) is 10.0 Å². The second kappa shape index (κ2) is 12.8. The molecular weight excluding hydrogens is 515 g/mol. The summed E-state index contributed by atoms with van der Waals surface area (Å²) in [6, 6.07) is 9.84. The predicted octanol–water partition coefficient (Wildman–Crippen LogP) is 4.88. The Kier molecular flexibility index (Phi) is 10.1. The van der Waals surface area contributed by atoms with Crippen molar-refractivity contribution in [3.8, 4) is 5.75 Å². The van der Waals surface area contributed by atoms with Crippen molar-refractivity contribution >= 4 is 40.8 Å². The van der Waals surface area contributed by atoms with E-state index in [4.69, 9.17) is 27.9 Å². The Hall–Kier alpha value is -2.52. The van der Waals surface area contributed by atoms with Gasteiger partial charge in [-0.1, -0.05) is 42.3 Å². The first-order valence-electron chi connectivity index (χ1n) is 12.4. The molecule has 0 bridgehead atoms. The molecule has 37 heavy (non-hydrogen) atoms. The summed E-state index contributed by atoms with van der Waals surface area (Å²) in [6.45, 7) is 8.98. The minimum Gasteiger partial charge on any atom is -0.486 e. The van der Waals surface area contributed by atoms with E-state index in [9.17, 15) is 14.7 Å². The maximum absolute atomic E-state index is 13.6. The van der Waals surface area contributed by atoms with Gasteiger partial charge in [-0.3, -0.25) is 9.69 Å². The van der Waals surface area contributed by atoms with Gasteiger partial charge in [-0.2, -0.15) is 0 Å². The fourth-order valence-corrected chi connectivity index (χ4v) is 4.62. The van der Waals surface area contributed by atoms with E-state index in [1.807, 2.05) is 46.9 Å². The van der Waals surface area contributed by atoms with Gasteiger partial charge in [0.1, 0.15) is 6.10 Å². The smallest absolute Gasteiger partial charge is 0.319 e. The highest BCUT2D eigenvalue weighted by Gasteiger charge is 2.34. The summed E-state index contributed by atoms with van der Waals surface area (Å²) in [7, 11) is 1.98. The van der Waals surface area contributed by atoms with E-state index in [0.717, 1.165) is 5.56 Å². The average Bonchev–Trinajstić information content (AvgIpc) is 2.83. The summed E-state index contributed by atoms with van der Waals surface area (Å²) in [4.78, 5) is 29.9. The van der Waals surface area contributed by atoms with Gasteiger partial charge < -0.3 is 25.4 Å². The third-order valence-electron chi connectivity index (χ3n) is 6.29. The summed E-state index contributed by atoms with van der Waals surface area (Å²) in [6.07, 6.45) is -0.316. The Balaban J connectivity index is 1.94. The van der Waals surface area contributed by atoms with Gasteiger partial charge in [0, 0.05) is 31.6 Å². The standard InChI is InChI=1S/C27H36Cl2N4O4/c1-16(2)30-27(36)31-23-8-6-7-20-25(23)37-24(17(3)12-33(26(20)35)18(4)15-34)14-32(5)13-19-9-10-21(28)22(29)11-19/h6-11,16-18,24,34H,12-15H2,1-5H3,(H2,30,31,36)/t17-,18-,24+/m1/s1. The molecule has 0 aromatic heterocycles. The first-order valence-corrected chi connectivity index (χ1v) is 13.2. The molecule has 3 rings (SSSR count). The number of benzene rings is 2. The molecule has 0 unspecified atom stereocenters. The zero-order valence-electron chi connectivity index (χ0n) is 21.9. The van der Waals surface area contributed by atoms with Crippen LogP contribution in [0.3, 0.4) is 0 Å². The average molecular weight is 552 g/mol. The Morgan fingerprint density at radius 3 is 2.59 bits per heavy atom. The zero-order valence-corrected chi connectivity index (χ0v) is 23.4. The summed E-state index contributed by atoms with van der Waals surface area (Å²) in [5, 5.41) is 16.5. The number of carbonyl (C=O) groups excluding carboxylic acids is 2. The number of hydrogen-bond acceptors (Lipinski definition) is 5.